The summed E-state index contributed by atoms with van der Waals surface area (Å²) >= 11 is 1.95. The van der Waals surface area contributed by atoms with Crippen LogP contribution in [0.2, 0.25) is 0 Å². The van der Waals surface area contributed by atoms with E-state index in [0.717, 1.165) is 12.2 Å². The van der Waals surface area contributed by atoms with Gasteiger partial charge in [0.2, 0.25) is 5.91 Å². The molecule has 2 N–H and O–H groups in total. The molecule has 0 radical (unpaired) electrons. The SMILES string of the molecule is CSC1(CNCC(=O)Nc2ccccc2)CCCCC1. The number of hydrogen-bond donors (Lipinski definition) is 2. The smallest absolute Gasteiger partial charge is 0.238 e. The molecule has 0 atom stereocenters. The molecule has 0 spiro atoms. The van der Waals surface area contributed by atoms with Gasteiger partial charge in [-0.3, -0.25) is 4.79 Å². The van der Waals surface area contributed by atoms with Gasteiger partial charge in [0.1, 0.15) is 0 Å². The van der Waals surface area contributed by atoms with Crippen LogP contribution in [-0.4, -0.2) is 30.0 Å². The predicted molar refractivity (Wildman–Crippen MR) is 87.3 cm³/mol. The molecule has 1 saturated carbocycles. The Hall–Kier alpha value is -1.00. The first-order valence-corrected chi connectivity index (χ1v) is 8.57. The first-order chi connectivity index (χ1) is 9.74. The fourth-order valence-corrected chi connectivity index (χ4v) is 3.72. The number of para-hydroxylation sites is 1. The number of amides is 1. The van der Waals surface area contributed by atoms with Crippen LogP contribution in [0.25, 0.3) is 0 Å². The first-order valence-electron chi connectivity index (χ1n) is 7.35. The summed E-state index contributed by atoms with van der Waals surface area (Å²) in [7, 11) is 0. The lowest BCUT2D eigenvalue weighted by atomic mass is 9.88. The summed E-state index contributed by atoms with van der Waals surface area (Å²) in [6.45, 7) is 1.31. The Labute approximate surface area is 125 Å². The fourth-order valence-electron chi connectivity index (χ4n) is 2.78. The Morgan fingerprint density at radius 1 is 1.20 bits per heavy atom. The molecule has 1 aliphatic carbocycles. The molecule has 1 aliphatic rings. The minimum Gasteiger partial charge on any atom is -0.325 e. The van der Waals surface area contributed by atoms with Crippen LogP contribution in [0.1, 0.15) is 32.1 Å². The molecule has 0 bridgehead atoms. The molecule has 3 nitrogen and oxygen atoms in total. The van der Waals surface area contributed by atoms with Gasteiger partial charge < -0.3 is 10.6 Å². The number of nitrogens with one attached hydrogen (secondary N) is 2. The summed E-state index contributed by atoms with van der Waals surface area (Å²) in [5.74, 6) is 0.0308. The number of anilines is 1. The third-order valence-electron chi connectivity index (χ3n) is 3.99. The van der Waals surface area contributed by atoms with E-state index >= 15 is 0 Å². The molecule has 20 heavy (non-hydrogen) atoms. The Bertz CT molecular complexity index is 416. The van der Waals surface area contributed by atoms with Crippen molar-refractivity contribution in [2.45, 2.75) is 36.9 Å². The predicted octanol–water partition coefficient (Wildman–Crippen LogP) is 3.28. The highest BCUT2D eigenvalue weighted by atomic mass is 32.2. The van der Waals surface area contributed by atoms with E-state index in [1.54, 1.807) is 0 Å². The Kier molecular flexibility index (Phi) is 5.92. The molecule has 1 amide bonds. The van der Waals surface area contributed by atoms with Gasteiger partial charge in [0, 0.05) is 17.0 Å². The van der Waals surface area contributed by atoms with Crippen LogP contribution >= 0.6 is 11.8 Å². The van der Waals surface area contributed by atoms with Gasteiger partial charge in [0.25, 0.3) is 0 Å². The standard InChI is InChI=1S/C16H24N2OS/c1-20-16(10-6-3-7-11-16)13-17-12-15(19)18-14-8-4-2-5-9-14/h2,4-5,8-9,17H,3,6-7,10-13H2,1H3,(H,18,19). The molecule has 0 unspecified atom stereocenters. The summed E-state index contributed by atoms with van der Waals surface area (Å²) in [6.07, 6.45) is 8.72. The quantitative estimate of drug-likeness (QED) is 0.845. The Morgan fingerprint density at radius 3 is 2.55 bits per heavy atom. The zero-order chi connectivity index (χ0) is 14.3. The summed E-state index contributed by atoms with van der Waals surface area (Å²) in [5.41, 5.74) is 0.858. The molecule has 0 aliphatic heterocycles. The normalized spacial score (nSPS) is 17.6. The van der Waals surface area contributed by atoms with Crippen molar-refractivity contribution in [3.63, 3.8) is 0 Å². The van der Waals surface area contributed by atoms with Gasteiger partial charge >= 0.3 is 0 Å². The molecule has 4 heteroatoms. The summed E-state index contributed by atoms with van der Waals surface area (Å²) in [4.78, 5) is 11.9. The number of benzene rings is 1. The maximum absolute atomic E-state index is 11.9. The second-order valence-electron chi connectivity index (χ2n) is 5.47. The molecule has 1 aromatic carbocycles. The molecule has 0 saturated heterocycles. The summed E-state index contributed by atoms with van der Waals surface area (Å²) < 4.78 is 0.339. The van der Waals surface area contributed by atoms with Crippen molar-refractivity contribution in [2.24, 2.45) is 0 Å². The molecule has 0 aromatic heterocycles. The molecule has 1 fully saturated rings. The van der Waals surface area contributed by atoms with Crippen LogP contribution in [0.5, 0.6) is 0 Å². The van der Waals surface area contributed by atoms with Gasteiger partial charge in [-0.2, -0.15) is 11.8 Å². The maximum Gasteiger partial charge on any atom is 0.238 e. The molecule has 110 valence electrons. The molecule has 1 aromatic rings. The number of thioether (sulfide) groups is 1. The highest BCUT2D eigenvalue weighted by Crippen LogP contribution is 2.37. The van der Waals surface area contributed by atoms with E-state index in [0.29, 0.717) is 11.3 Å². The minimum absolute atomic E-state index is 0.0308. The summed E-state index contributed by atoms with van der Waals surface area (Å²) in [5, 5.41) is 6.24. The number of rotatable bonds is 6. The van der Waals surface area contributed by atoms with Gasteiger partial charge in [-0.05, 0) is 31.2 Å². The van der Waals surface area contributed by atoms with Crippen molar-refractivity contribution in [3.05, 3.63) is 30.3 Å². The van der Waals surface area contributed by atoms with E-state index in [1.807, 2.05) is 42.1 Å². The van der Waals surface area contributed by atoms with Gasteiger partial charge in [-0.15, -0.1) is 0 Å². The van der Waals surface area contributed by atoms with Crippen molar-refractivity contribution in [2.75, 3.05) is 24.7 Å². The van der Waals surface area contributed by atoms with E-state index < -0.39 is 0 Å². The third-order valence-corrected chi connectivity index (χ3v) is 5.41. The van der Waals surface area contributed by atoms with E-state index in [2.05, 4.69) is 16.9 Å². The van der Waals surface area contributed by atoms with Crippen molar-refractivity contribution in [1.82, 2.24) is 5.32 Å². The van der Waals surface area contributed by atoms with Crippen molar-refractivity contribution >= 4 is 23.4 Å². The lowest BCUT2D eigenvalue weighted by molar-refractivity contribution is -0.115. The highest BCUT2D eigenvalue weighted by molar-refractivity contribution is 8.00. The maximum atomic E-state index is 11.9. The lowest BCUT2D eigenvalue weighted by Gasteiger charge is -2.36. The van der Waals surface area contributed by atoms with E-state index in [9.17, 15) is 4.79 Å². The number of carbonyl (C=O) groups is 1. The van der Waals surface area contributed by atoms with Gasteiger partial charge in [-0.25, -0.2) is 0 Å². The first kappa shape index (κ1) is 15.4. The van der Waals surface area contributed by atoms with Crippen molar-refractivity contribution in [3.8, 4) is 0 Å². The average molecular weight is 292 g/mol. The van der Waals surface area contributed by atoms with Crippen LogP contribution in [0, 0.1) is 0 Å². The van der Waals surface area contributed by atoms with Crippen LogP contribution in [-0.2, 0) is 4.79 Å². The second kappa shape index (κ2) is 7.70. The molecular formula is C16H24N2OS. The highest BCUT2D eigenvalue weighted by Gasteiger charge is 2.30. The van der Waals surface area contributed by atoms with Crippen LogP contribution in [0.3, 0.4) is 0 Å². The van der Waals surface area contributed by atoms with Crippen LogP contribution in [0.15, 0.2) is 30.3 Å². The fraction of sp³-hybridized carbons (Fsp3) is 0.562. The lowest BCUT2D eigenvalue weighted by Crippen LogP contribution is -2.42. The number of carbonyl (C=O) groups excluding carboxylic acids is 1. The van der Waals surface area contributed by atoms with Crippen LogP contribution < -0.4 is 10.6 Å². The zero-order valence-corrected chi connectivity index (χ0v) is 13.0. The monoisotopic (exact) mass is 292 g/mol. The van der Waals surface area contributed by atoms with Gasteiger partial charge in [0.15, 0.2) is 0 Å². The summed E-state index contributed by atoms with van der Waals surface area (Å²) in [6, 6.07) is 9.60. The van der Waals surface area contributed by atoms with Crippen molar-refractivity contribution in [1.29, 1.82) is 0 Å². The molecular weight excluding hydrogens is 268 g/mol. The molecule has 0 heterocycles. The van der Waals surface area contributed by atoms with Crippen molar-refractivity contribution < 1.29 is 4.79 Å². The number of hydrogen-bond acceptors (Lipinski definition) is 3. The van der Waals surface area contributed by atoms with Gasteiger partial charge in [0.05, 0.1) is 6.54 Å². The second-order valence-corrected chi connectivity index (χ2v) is 6.74. The zero-order valence-electron chi connectivity index (χ0n) is 12.2. The topological polar surface area (TPSA) is 41.1 Å². The largest absolute Gasteiger partial charge is 0.325 e. The molecule has 2 rings (SSSR count). The average Bonchev–Trinajstić information content (AvgIpc) is 2.49. The van der Waals surface area contributed by atoms with E-state index in [-0.39, 0.29) is 5.91 Å². The van der Waals surface area contributed by atoms with E-state index in [1.165, 1.54) is 32.1 Å². The Balaban J connectivity index is 1.73. The van der Waals surface area contributed by atoms with E-state index in [4.69, 9.17) is 0 Å². The van der Waals surface area contributed by atoms with Gasteiger partial charge in [-0.1, -0.05) is 37.5 Å². The Morgan fingerprint density at radius 2 is 1.90 bits per heavy atom. The van der Waals surface area contributed by atoms with Crippen LogP contribution in [0.4, 0.5) is 5.69 Å². The third kappa shape index (κ3) is 4.53. The minimum atomic E-state index is 0.0308.